The molecule has 2 aromatic heterocycles. The number of benzene rings is 1. The van der Waals surface area contributed by atoms with Gasteiger partial charge in [0.2, 0.25) is 15.8 Å². The van der Waals surface area contributed by atoms with E-state index in [1.165, 1.54) is 10.5 Å². The molecule has 0 saturated heterocycles. The van der Waals surface area contributed by atoms with E-state index in [1.807, 2.05) is 0 Å². The summed E-state index contributed by atoms with van der Waals surface area (Å²) < 4.78 is 50.6. The summed E-state index contributed by atoms with van der Waals surface area (Å²) in [6.45, 7) is 3.45. The van der Waals surface area contributed by atoms with Crippen LogP contribution in [0.3, 0.4) is 0 Å². The van der Waals surface area contributed by atoms with Crippen LogP contribution in [0.5, 0.6) is 0 Å². The zero-order valence-corrected chi connectivity index (χ0v) is 17.1. The van der Waals surface area contributed by atoms with Gasteiger partial charge in [-0.25, -0.2) is 17.6 Å². The number of halogens is 1. The smallest absolute Gasteiger partial charge is 0.341 e. The van der Waals surface area contributed by atoms with Gasteiger partial charge >= 0.3 is 5.97 Å². The lowest BCUT2D eigenvalue weighted by Gasteiger charge is -2.18. The average Bonchev–Trinajstić information content (AvgIpc) is 3.22. The van der Waals surface area contributed by atoms with Crippen molar-refractivity contribution in [2.45, 2.75) is 25.3 Å². The molecule has 0 atom stereocenters. The second-order valence-corrected chi connectivity index (χ2v) is 8.00. The van der Waals surface area contributed by atoms with Crippen molar-refractivity contribution in [3.8, 4) is 11.4 Å². The number of carbonyl (C=O) groups is 1. The van der Waals surface area contributed by atoms with Gasteiger partial charge in [0.1, 0.15) is 5.82 Å². The molecule has 2 heterocycles. The van der Waals surface area contributed by atoms with Gasteiger partial charge in [0.05, 0.1) is 10.5 Å². The summed E-state index contributed by atoms with van der Waals surface area (Å²) in [5.74, 6) is -1.70. The van der Waals surface area contributed by atoms with Gasteiger partial charge in [0, 0.05) is 31.0 Å². The highest BCUT2D eigenvalue weighted by atomic mass is 32.2. The van der Waals surface area contributed by atoms with Crippen LogP contribution < -0.4 is 0 Å². The zero-order valence-electron chi connectivity index (χ0n) is 16.3. The molecule has 0 saturated carbocycles. The van der Waals surface area contributed by atoms with Crippen LogP contribution in [0.15, 0.2) is 52.1 Å². The van der Waals surface area contributed by atoms with Gasteiger partial charge in [-0.15, -0.1) is 0 Å². The zero-order chi connectivity index (χ0) is 21.7. The van der Waals surface area contributed by atoms with Crippen molar-refractivity contribution in [2.75, 3.05) is 13.1 Å². The van der Waals surface area contributed by atoms with Crippen molar-refractivity contribution < 1.29 is 26.9 Å². The molecule has 9 nitrogen and oxygen atoms in total. The van der Waals surface area contributed by atoms with Gasteiger partial charge in [-0.05, 0) is 30.3 Å². The number of aromatic nitrogens is 3. The van der Waals surface area contributed by atoms with Gasteiger partial charge in [-0.3, -0.25) is 4.98 Å². The SMILES string of the molecule is CCN(CC)S(=O)(=O)c1ccc(F)c(C(=O)OCc2nc(-c3cccnc3)no2)c1. The highest BCUT2D eigenvalue weighted by Crippen LogP contribution is 2.20. The van der Waals surface area contributed by atoms with Crippen LogP contribution >= 0.6 is 0 Å². The maximum Gasteiger partial charge on any atom is 0.341 e. The summed E-state index contributed by atoms with van der Waals surface area (Å²) in [7, 11) is -3.86. The third kappa shape index (κ3) is 4.52. The van der Waals surface area contributed by atoms with Crippen molar-refractivity contribution in [1.82, 2.24) is 19.4 Å². The molecule has 158 valence electrons. The minimum Gasteiger partial charge on any atom is -0.452 e. The third-order valence-electron chi connectivity index (χ3n) is 4.22. The van der Waals surface area contributed by atoms with Crippen LogP contribution in [0.4, 0.5) is 4.39 Å². The molecule has 0 N–H and O–H groups in total. The molecule has 3 rings (SSSR count). The fourth-order valence-electron chi connectivity index (χ4n) is 2.66. The van der Waals surface area contributed by atoms with Gasteiger partial charge in [0.25, 0.3) is 5.89 Å². The molecule has 0 aliphatic heterocycles. The molecular weight excluding hydrogens is 415 g/mol. The Labute approximate surface area is 172 Å². The molecule has 0 amide bonds. The van der Waals surface area contributed by atoms with Crippen LogP contribution in [-0.2, 0) is 21.4 Å². The summed E-state index contributed by atoms with van der Waals surface area (Å²) in [5, 5.41) is 3.76. The molecule has 30 heavy (non-hydrogen) atoms. The Bertz CT molecular complexity index is 1130. The Morgan fingerprint density at radius 1 is 1.23 bits per heavy atom. The number of nitrogens with zero attached hydrogens (tertiary/aromatic N) is 4. The summed E-state index contributed by atoms with van der Waals surface area (Å²) in [4.78, 5) is 20.2. The molecular formula is C19H19FN4O5S. The Morgan fingerprint density at radius 3 is 2.67 bits per heavy atom. The van der Waals surface area contributed by atoms with Crippen LogP contribution in [0, 0.1) is 5.82 Å². The number of ether oxygens (including phenoxy) is 1. The number of esters is 1. The maximum absolute atomic E-state index is 14.2. The highest BCUT2D eigenvalue weighted by Gasteiger charge is 2.25. The monoisotopic (exact) mass is 434 g/mol. The van der Waals surface area contributed by atoms with Crippen molar-refractivity contribution in [1.29, 1.82) is 0 Å². The Balaban J connectivity index is 1.75. The largest absolute Gasteiger partial charge is 0.452 e. The Hall–Kier alpha value is -3.18. The van der Waals surface area contributed by atoms with Crippen molar-refractivity contribution >= 4 is 16.0 Å². The maximum atomic E-state index is 14.2. The Morgan fingerprint density at radius 2 is 2.00 bits per heavy atom. The van der Waals surface area contributed by atoms with Crippen molar-refractivity contribution in [3.63, 3.8) is 0 Å². The molecule has 0 radical (unpaired) electrons. The first-order chi connectivity index (χ1) is 14.4. The van der Waals surface area contributed by atoms with E-state index in [0.717, 1.165) is 18.2 Å². The quantitative estimate of drug-likeness (QED) is 0.497. The predicted molar refractivity (Wildman–Crippen MR) is 103 cm³/mol. The number of hydrogen-bond acceptors (Lipinski definition) is 8. The number of rotatable bonds is 8. The molecule has 0 spiro atoms. The second kappa shape index (κ2) is 9.09. The standard InChI is InChI=1S/C19H19FN4O5S/c1-3-24(4-2)30(26,27)14-7-8-16(20)15(10-14)19(25)28-12-17-22-18(23-29-17)13-6-5-9-21-11-13/h5-11H,3-4,12H2,1-2H3. The molecule has 1 aromatic carbocycles. The van der Waals surface area contributed by atoms with Crippen LogP contribution in [0.25, 0.3) is 11.4 Å². The van der Waals surface area contributed by atoms with E-state index in [9.17, 15) is 17.6 Å². The topological polar surface area (TPSA) is 115 Å². The fourth-order valence-corrected chi connectivity index (χ4v) is 4.15. The van der Waals surface area contributed by atoms with E-state index in [4.69, 9.17) is 9.26 Å². The van der Waals surface area contributed by atoms with E-state index < -0.39 is 34.0 Å². The van der Waals surface area contributed by atoms with E-state index >= 15 is 0 Å². The highest BCUT2D eigenvalue weighted by molar-refractivity contribution is 7.89. The fraction of sp³-hybridized carbons (Fsp3) is 0.263. The normalized spacial score (nSPS) is 11.6. The minimum atomic E-state index is -3.86. The molecule has 0 bridgehead atoms. The molecule has 0 fully saturated rings. The van der Waals surface area contributed by atoms with Crippen LogP contribution in [0.1, 0.15) is 30.1 Å². The lowest BCUT2D eigenvalue weighted by molar-refractivity contribution is 0.0424. The molecule has 0 unspecified atom stereocenters. The molecule has 0 aliphatic carbocycles. The third-order valence-corrected chi connectivity index (χ3v) is 6.26. The average molecular weight is 434 g/mol. The first kappa shape index (κ1) is 21.5. The first-order valence-corrected chi connectivity index (χ1v) is 10.5. The number of pyridine rings is 1. The lowest BCUT2D eigenvalue weighted by atomic mass is 10.2. The van der Waals surface area contributed by atoms with E-state index in [-0.39, 0.29) is 29.7 Å². The predicted octanol–water partition coefficient (Wildman–Crippen LogP) is 2.66. The number of sulfonamides is 1. The second-order valence-electron chi connectivity index (χ2n) is 6.06. The van der Waals surface area contributed by atoms with Crippen molar-refractivity contribution in [2.24, 2.45) is 0 Å². The van der Waals surface area contributed by atoms with E-state index in [0.29, 0.717) is 5.56 Å². The van der Waals surface area contributed by atoms with Crippen LogP contribution in [-0.4, -0.2) is 46.9 Å². The molecule has 11 heteroatoms. The van der Waals surface area contributed by atoms with Gasteiger partial charge in [-0.1, -0.05) is 19.0 Å². The van der Waals surface area contributed by atoms with Crippen molar-refractivity contribution in [3.05, 3.63) is 60.0 Å². The van der Waals surface area contributed by atoms with Crippen LogP contribution in [0.2, 0.25) is 0 Å². The number of carbonyl (C=O) groups excluding carboxylic acids is 1. The lowest BCUT2D eigenvalue weighted by Crippen LogP contribution is -2.30. The number of hydrogen-bond donors (Lipinski definition) is 0. The van der Waals surface area contributed by atoms with E-state index in [2.05, 4.69) is 15.1 Å². The molecule has 0 aliphatic rings. The van der Waals surface area contributed by atoms with Gasteiger partial charge < -0.3 is 9.26 Å². The van der Waals surface area contributed by atoms with Gasteiger partial charge in [-0.2, -0.15) is 9.29 Å². The minimum absolute atomic E-state index is 0.00507. The summed E-state index contributed by atoms with van der Waals surface area (Å²) in [5.41, 5.74) is 0.106. The summed E-state index contributed by atoms with van der Waals surface area (Å²) >= 11 is 0. The Kier molecular flexibility index (Phi) is 6.53. The summed E-state index contributed by atoms with van der Waals surface area (Å²) in [6.07, 6.45) is 3.13. The first-order valence-electron chi connectivity index (χ1n) is 9.06. The van der Waals surface area contributed by atoms with E-state index in [1.54, 1.807) is 32.2 Å². The van der Waals surface area contributed by atoms with Gasteiger partial charge in [0.15, 0.2) is 6.61 Å². The molecule has 3 aromatic rings. The summed E-state index contributed by atoms with van der Waals surface area (Å²) in [6, 6.07) is 6.41.